The lowest BCUT2D eigenvalue weighted by Crippen LogP contribution is -2.36. The predicted octanol–water partition coefficient (Wildman–Crippen LogP) is 1.26. The number of hydrogen-bond donors (Lipinski definition) is 0. The minimum absolute atomic E-state index is 0.0551. The Morgan fingerprint density at radius 3 is 2.86 bits per heavy atom. The molecule has 2 heterocycles. The van der Waals surface area contributed by atoms with Gasteiger partial charge in [-0.25, -0.2) is 8.42 Å². The smallest absolute Gasteiger partial charge is 0.243 e. The fraction of sp³-hybridized carbons (Fsp3) is 0.600. The maximum Gasteiger partial charge on any atom is 0.243 e. The van der Waals surface area contributed by atoms with Crippen LogP contribution in [0.2, 0.25) is 0 Å². The highest BCUT2D eigenvalue weighted by atomic mass is 32.2. The number of benzene rings is 1. The molecule has 7 heteroatoms. The summed E-state index contributed by atoms with van der Waals surface area (Å²) in [4.78, 5) is 0.255. The summed E-state index contributed by atoms with van der Waals surface area (Å²) < 4.78 is 43.3. The summed E-state index contributed by atoms with van der Waals surface area (Å²) in [6, 6.07) is 6.56. The molecule has 0 saturated carbocycles. The highest BCUT2D eigenvalue weighted by molar-refractivity contribution is 7.89. The van der Waals surface area contributed by atoms with Gasteiger partial charge in [-0.1, -0.05) is 6.07 Å². The number of ether oxygens (including phenoxy) is 3. The van der Waals surface area contributed by atoms with Crippen molar-refractivity contribution in [3.8, 4) is 5.75 Å². The molecule has 0 bridgehead atoms. The Morgan fingerprint density at radius 1 is 1.36 bits per heavy atom. The molecule has 3 rings (SSSR count). The van der Waals surface area contributed by atoms with Gasteiger partial charge in [0.15, 0.2) is 0 Å². The summed E-state index contributed by atoms with van der Waals surface area (Å²) in [6.45, 7) is 1.38. The van der Waals surface area contributed by atoms with Gasteiger partial charge in [0.1, 0.15) is 5.75 Å². The van der Waals surface area contributed by atoms with Gasteiger partial charge in [0, 0.05) is 32.7 Å². The number of methoxy groups -OCH3 is 2. The third-order valence-electron chi connectivity index (χ3n) is 4.47. The third kappa shape index (κ3) is 2.74. The molecule has 1 aromatic rings. The van der Waals surface area contributed by atoms with Crippen molar-refractivity contribution in [2.45, 2.75) is 29.4 Å². The van der Waals surface area contributed by atoms with E-state index in [2.05, 4.69) is 0 Å². The van der Waals surface area contributed by atoms with Crippen LogP contribution in [-0.2, 0) is 19.5 Å². The lowest BCUT2D eigenvalue weighted by Gasteiger charge is -2.23. The molecule has 2 atom stereocenters. The van der Waals surface area contributed by atoms with Crippen LogP contribution in [0.25, 0.3) is 0 Å². The van der Waals surface area contributed by atoms with E-state index < -0.39 is 15.6 Å². The van der Waals surface area contributed by atoms with Crippen molar-refractivity contribution in [2.75, 3.05) is 33.9 Å². The topological polar surface area (TPSA) is 65.1 Å². The fourth-order valence-corrected chi connectivity index (χ4v) is 4.71. The molecule has 1 spiro atoms. The first kappa shape index (κ1) is 15.7. The van der Waals surface area contributed by atoms with Gasteiger partial charge in [0.05, 0.1) is 30.3 Å². The van der Waals surface area contributed by atoms with E-state index in [0.29, 0.717) is 31.9 Å². The molecule has 0 N–H and O–H groups in total. The summed E-state index contributed by atoms with van der Waals surface area (Å²) in [5.74, 6) is 0.534. The Labute approximate surface area is 131 Å². The second-order valence-corrected chi connectivity index (χ2v) is 7.76. The minimum Gasteiger partial charge on any atom is -0.497 e. The van der Waals surface area contributed by atoms with Crippen molar-refractivity contribution in [2.24, 2.45) is 0 Å². The average Bonchev–Trinajstić information content (AvgIpc) is 3.15. The molecule has 1 aromatic carbocycles. The molecule has 0 unspecified atom stereocenters. The number of sulfonamides is 1. The molecule has 2 saturated heterocycles. The maximum atomic E-state index is 12.8. The molecule has 2 fully saturated rings. The van der Waals surface area contributed by atoms with Crippen LogP contribution in [-0.4, -0.2) is 58.3 Å². The highest BCUT2D eigenvalue weighted by Crippen LogP contribution is 2.38. The zero-order valence-electron chi connectivity index (χ0n) is 12.8. The fourth-order valence-electron chi connectivity index (χ4n) is 3.16. The molecular weight excluding hydrogens is 306 g/mol. The molecule has 2 aliphatic rings. The van der Waals surface area contributed by atoms with Crippen molar-refractivity contribution >= 4 is 10.0 Å². The van der Waals surface area contributed by atoms with E-state index in [1.165, 1.54) is 11.4 Å². The Kier molecular flexibility index (Phi) is 4.15. The van der Waals surface area contributed by atoms with Gasteiger partial charge in [-0.2, -0.15) is 4.31 Å². The molecular formula is C15H21NO5S. The number of rotatable bonds is 4. The Morgan fingerprint density at radius 2 is 2.18 bits per heavy atom. The quantitative estimate of drug-likeness (QED) is 0.833. The summed E-state index contributed by atoms with van der Waals surface area (Å²) in [5, 5.41) is 0. The zero-order chi connectivity index (χ0) is 15.8. The van der Waals surface area contributed by atoms with E-state index in [-0.39, 0.29) is 11.0 Å². The third-order valence-corrected chi connectivity index (χ3v) is 6.31. The van der Waals surface area contributed by atoms with Crippen LogP contribution in [0, 0.1) is 0 Å². The van der Waals surface area contributed by atoms with Crippen LogP contribution in [0.4, 0.5) is 0 Å². The van der Waals surface area contributed by atoms with Gasteiger partial charge in [0.25, 0.3) is 0 Å². The van der Waals surface area contributed by atoms with Crippen molar-refractivity contribution in [1.29, 1.82) is 0 Å². The van der Waals surface area contributed by atoms with E-state index in [4.69, 9.17) is 14.2 Å². The normalized spacial score (nSPS) is 29.3. The van der Waals surface area contributed by atoms with Gasteiger partial charge < -0.3 is 14.2 Å². The summed E-state index contributed by atoms with van der Waals surface area (Å²) in [5.41, 5.74) is -0.396. The Bertz CT molecular complexity index is 647. The zero-order valence-corrected chi connectivity index (χ0v) is 13.6. The van der Waals surface area contributed by atoms with Crippen LogP contribution in [0.15, 0.2) is 29.2 Å². The maximum absolute atomic E-state index is 12.8. The second kappa shape index (κ2) is 5.81. The second-order valence-electron chi connectivity index (χ2n) is 5.82. The van der Waals surface area contributed by atoms with Gasteiger partial charge in [-0.05, 0) is 18.6 Å². The molecule has 0 aliphatic carbocycles. The molecule has 2 aliphatic heterocycles. The largest absolute Gasteiger partial charge is 0.497 e. The number of nitrogens with zero attached hydrogens (tertiary/aromatic N) is 1. The first-order chi connectivity index (χ1) is 10.5. The van der Waals surface area contributed by atoms with Crippen LogP contribution < -0.4 is 4.74 Å². The van der Waals surface area contributed by atoms with Crippen LogP contribution in [0.5, 0.6) is 5.75 Å². The van der Waals surface area contributed by atoms with Gasteiger partial charge in [-0.15, -0.1) is 0 Å². The van der Waals surface area contributed by atoms with E-state index in [0.717, 1.165) is 6.42 Å². The SMILES string of the molecule is COc1cccc(S(=O)(=O)N2CC[C@@]3(C[C@H](OC)CO3)C2)c1. The van der Waals surface area contributed by atoms with Crippen molar-refractivity contribution < 1.29 is 22.6 Å². The molecule has 0 radical (unpaired) electrons. The lowest BCUT2D eigenvalue weighted by molar-refractivity contribution is 0.0108. The molecule has 6 nitrogen and oxygen atoms in total. The minimum atomic E-state index is -3.53. The van der Waals surface area contributed by atoms with Crippen molar-refractivity contribution in [3.63, 3.8) is 0 Å². The lowest BCUT2D eigenvalue weighted by atomic mass is 9.98. The summed E-state index contributed by atoms with van der Waals surface area (Å²) >= 11 is 0. The van der Waals surface area contributed by atoms with E-state index in [1.807, 2.05) is 0 Å². The standard InChI is InChI=1S/C15H21NO5S/c1-19-12-4-3-5-14(8-12)22(17,18)16-7-6-15(11-16)9-13(20-2)10-21-15/h3-5,8,13H,6-7,9-11H2,1-2H3/t13-,15+/m0/s1. The molecule has 0 aromatic heterocycles. The van der Waals surface area contributed by atoms with Crippen molar-refractivity contribution in [3.05, 3.63) is 24.3 Å². The first-order valence-electron chi connectivity index (χ1n) is 7.30. The van der Waals surface area contributed by atoms with Crippen LogP contribution in [0.3, 0.4) is 0 Å². The number of hydrogen-bond acceptors (Lipinski definition) is 5. The molecule has 122 valence electrons. The van der Waals surface area contributed by atoms with Gasteiger partial charge in [0.2, 0.25) is 10.0 Å². The first-order valence-corrected chi connectivity index (χ1v) is 8.74. The molecule has 22 heavy (non-hydrogen) atoms. The highest BCUT2D eigenvalue weighted by Gasteiger charge is 2.48. The van der Waals surface area contributed by atoms with Crippen LogP contribution in [0.1, 0.15) is 12.8 Å². The average molecular weight is 327 g/mol. The van der Waals surface area contributed by atoms with E-state index in [1.54, 1.807) is 31.4 Å². The van der Waals surface area contributed by atoms with Gasteiger partial charge in [-0.3, -0.25) is 0 Å². The van der Waals surface area contributed by atoms with Crippen LogP contribution >= 0.6 is 0 Å². The van der Waals surface area contributed by atoms with E-state index >= 15 is 0 Å². The molecule has 0 amide bonds. The van der Waals surface area contributed by atoms with Gasteiger partial charge >= 0.3 is 0 Å². The van der Waals surface area contributed by atoms with E-state index in [9.17, 15) is 8.42 Å². The summed E-state index contributed by atoms with van der Waals surface area (Å²) in [7, 11) is -0.345. The Hall–Kier alpha value is -1.15. The monoisotopic (exact) mass is 327 g/mol. The van der Waals surface area contributed by atoms with Crippen molar-refractivity contribution in [1.82, 2.24) is 4.31 Å². The summed E-state index contributed by atoms with van der Waals surface area (Å²) in [6.07, 6.45) is 1.50. The Balaban J connectivity index is 1.79. The predicted molar refractivity (Wildman–Crippen MR) is 80.5 cm³/mol.